The molecule has 5 rings (SSSR count). The summed E-state index contributed by atoms with van der Waals surface area (Å²) in [4.78, 5) is 32.1. The zero-order valence-corrected chi connectivity index (χ0v) is 17.7. The molecular formula is C25H22N2O3S. The van der Waals surface area contributed by atoms with Gasteiger partial charge in [0.1, 0.15) is 6.61 Å². The number of benzene rings is 2. The number of aromatic nitrogens is 1. The van der Waals surface area contributed by atoms with Crippen LogP contribution in [0.2, 0.25) is 0 Å². The van der Waals surface area contributed by atoms with Gasteiger partial charge in [0, 0.05) is 34.1 Å². The molecule has 6 heteroatoms. The number of fused-ring (bicyclic) bond motifs is 1. The molecule has 2 aromatic carbocycles. The molecule has 1 amide bonds. The summed E-state index contributed by atoms with van der Waals surface area (Å²) in [6, 6.07) is 19.3. The van der Waals surface area contributed by atoms with Crippen molar-refractivity contribution in [2.75, 3.05) is 6.54 Å². The molecule has 31 heavy (non-hydrogen) atoms. The molecule has 0 radical (unpaired) electrons. The Balaban J connectivity index is 1.37. The summed E-state index contributed by atoms with van der Waals surface area (Å²) in [5.41, 5.74) is 3.55. The van der Waals surface area contributed by atoms with Crippen molar-refractivity contribution in [2.45, 2.75) is 25.5 Å². The molecule has 1 N–H and O–H groups in total. The van der Waals surface area contributed by atoms with Gasteiger partial charge in [-0.3, -0.25) is 9.69 Å². The van der Waals surface area contributed by atoms with Gasteiger partial charge < -0.3 is 9.72 Å². The van der Waals surface area contributed by atoms with Crippen LogP contribution < -0.4 is 0 Å². The van der Waals surface area contributed by atoms with Gasteiger partial charge in [-0.1, -0.05) is 42.5 Å². The Labute approximate surface area is 184 Å². The molecule has 2 aromatic heterocycles. The minimum atomic E-state index is -0.493. The van der Waals surface area contributed by atoms with Gasteiger partial charge in [-0.05, 0) is 47.5 Å². The normalized spacial score (nSPS) is 16.0. The van der Waals surface area contributed by atoms with Crippen molar-refractivity contribution in [1.29, 1.82) is 0 Å². The van der Waals surface area contributed by atoms with Crippen LogP contribution in [0, 0.1) is 0 Å². The Bertz CT molecular complexity index is 1210. The number of nitrogens with zero attached hydrogens (tertiary/aromatic N) is 1. The molecule has 1 atom stereocenters. The molecule has 5 nitrogen and oxygen atoms in total. The number of amides is 1. The number of hydrogen-bond acceptors (Lipinski definition) is 4. The van der Waals surface area contributed by atoms with Crippen LogP contribution in [-0.4, -0.2) is 34.3 Å². The summed E-state index contributed by atoms with van der Waals surface area (Å²) in [7, 11) is 0. The number of Topliss-reactive ketones (excluding diaryl/α,β-unsaturated/α-hetero) is 1. The van der Waals surface area contributed by atoms with Gasteiger partial charge in [0.15, 0.2) is 5.78 Å². The highest BCUT2D eigenvalue weighted by Gasteiger charge is 2.36. The van der Waals surface area contributed by atoms with Crippen LogP contribution in [0.1, 0.15) is 28.8 Å². The molecule has 0 saturated carbocycles. The number of H-pyrrole nitrogens is 1. The predicted molar refractivity (Wildman–Crippen MR) is 122 cm³/mol. The van der Waals surface area contributed by atoms with Crippen molar-refractivity contribution in [3.63, 3.8) is 0 Å². The fourth-order valence-electron chi connectivity index (χ4n) is 4.16. The molecule has 156 valence electrons. The number of likely N-dealkylation sites (tertiary alicyclic amines) is 1. The molecule has 0 unspecified atom stereocenters. The van der Waals surface area contributed by atoms with Crippen LogP contribution in [0.15, 0.2) is 72.2 Å². The minimum Gasteiger partial charge on any atom is -0.445 e. The number of aromatic amines is 1. The van der Waals surface area contributed by atoms with Crippen molar-refractivity contribution in [3.8, 4) is 10.4 Å². The first kappa shape index (κ1) is 19.6. The summed E-state index contributed by atoms with van der Waals surface area (Å²) >= 11 is 1.67. The molecule has 4 aromatic rings. The van der Waals surface area contributed by atoms with Crippen molar-refractivity contribution >= 4 is 34.1 Å². The number of carbonyl (C=O) groups is 2. The van der Waals surface area contributed by atoms with Crippen molar-refractivity contribution in [3.05, 3.63) is 83.4 Å². The lowest BCUT2D eigenvalue weighted by atomic mass is 10.00. The molecule has 1 aliphatic rings. The van der Waals surface area contributed by atoms with Crippen LogP contribution >= 0.6 is 11.3 Å². The minimum absolute atomic E-state index is 0.0382. The van der Waals surface area contributed by atoms with E-state index in [1.807, 2.05) is 47.8 Å². The smallest absolute Gasteiger partial charge is 0.410 e. The number of thiophene rings is 1. The van der Waals surface area contributed by atoms with Crippen LogP contribution in [0.25, 0.3) is 21.3 Å². The lowest BCUT2D eigenvalue weighted by Gasteiger charge is -2.23. The SMILES string of the molecule is O=C(c1c[nH]c2ccc(-c3cccs3)cc12)[C@H]1CCCN1C(=O)OCc1ccccc1. The Morgan fingerprint density at radius 3 is 2.77 bits per heavy atom. The summed E-state index contributed by atoms with van der Waals surface area (Å²) in [6.07, 6.45) is 2.77. The largest absolute Gasteiger partial charge is 0.445 e. The van der Waals surface area contributed by atoms with Gasteiger partial charge in [0.25, 0.3) is 0 Å². The lowest BCUT2D eigenvalue weighted by Crippen LogP contribution is -2.40. The van der Waals surface area contributed by atoms with E-state index in [2.05, 4.69) is 23.2 Å². The van der Waals surface area contributed by atoms with Crippen LogP contribution in [0.3, 0.4) is 0 Å². The highest BCUT2D eigenvalue weighted by atomic mass is 32.1. The van der Waals surface area contributed by atoms with Crippen molar-refractivity contribution < 1.29 is 14.3 Å². The molecule has 0 spiro atoms. The maximum Gasteiger partial charge on any atom is 0.410 e. The van der Waals surface area contributed by atoms with E-state index < -0.39 is 12.1 Å². The number of hydrogen-bond donors (Lipinski definition) is 1. The highest BCUT2D eigenvalue weighted by molar-refractivity contribution is 7.13. The molecule has 1 aliphatic heterocycles. The van der Waals surface area contributed by atoms with Gasteiger partial charge >= 0.3 is 6.09 Å². The van der Waals surface area contributed by atoms with Crippen molar-refractivity contribution in [1.82, 2.24) is 9.88 Å². The van der Waals surface area contributed by atoms with E-state index in [0.29, 0.717) is 18.5 Å². The zero-order valence-electron chi connectivity index (χ0n) is 16.9. The topological polar surface area (TPSA) is 62.4 Å². The summed E-state index contributed by atoms with van der Waals surface area (Å²) in [5, 5.41) is 2.93. The molecule has 1 fully saturated rings. The van der Waals surface area contributed by atoms with Crippen LogP contribution in [-0.2, 0) is 11.3 Å². The molecule has 0 bridgehead atoms. The van der Waals surface area contributed by atoms with Gasteiger partial charge in [0.05, 0.1) is 6.04 Å². The molecular weight excluding hydrogens is 408 g/mol. The Morgan fingerprint density at radius 2 is 1.97 bits per heavy atom. The summed E-state index contributed by atoms with van der Waals surface area (Å²) in [5.74, 6) is -0.0382. The average Bonchev–Trinajstić information content (AvgIpc) is 3.57. The Kier molecular flexibility index (Phi) is 5.30. The van der Waals surface area contributed by atoms with E-state index in [4.69, 9.17) is 4.74 Å². The number of ether oxygens (including phenoxy) is 1. The molecule has 1 saturated heterocycles. The predicted octanol–water partition coefficient (Wildman–Crippen LogP) is 5.88. The Morgan fingerprint density at radius 1 is 1.10 bits per heavy atom. The Hall–Kier alpha value is -3.38. The van der Waals surface area contributed by atoms with Crippen LogP contribution in [0.5, 0.6) is 0 Å². The fraction of sp³-hybridized carbons (Fsp3) is 0.200. The maximum absolute atomic E-state index is 13.4. The monoisotopic (exact) mass is 430 g/mol. The quantitative estimate of drug-likeness (QED) is 0.402. The van der Waals surface area contributed by atoms with Crippen molar-refractivity contribution in [2.24, 2.45) is 0 Å². The van der Waals surface area contributed by atoms with Gasteiger partial charge in [-0.2, -0.15) is 0 Å². The number of carbonyl (C=O) groups excluding carboxylic acids is 2. The zero-order chi connectivity index (χ0) is 21.2. The summed E-state index contributed by atoms with van der Waals surface area (Å²) in [6.45, 7) is 0.737. The molecule has 3 heterocycles. The van der Waals surface area contributed by atoms with E-state index in [9.17, 15) is 9.59 Å². The fourth-order valence-corrected chi connectivity index (χ4v) is 4.88. The number of nitrogens with one attached hydrogen (secondary N) is 1. The third kappa shape index (κ3) is 3.86. The van der Waals surface area contributed by atoms with E-state index >= 15 is 0 Å². The number of rotatable bonds is 5. The van der Waals surface area contributed by atoms with Crippen LogP contribution in [0.4, 0.5) is 4.79 Å². The van der Waals surface area contributed by atoms with E-state index in [1.54, 1.807) is 22.4 Å². The molecule has 0 aliphatic carbocycles. The summed E-state index contributed by atoms with van der Waals surface area (Å²) < 4.78 is 5.49. The second kappa shape index (κ2) is 8.40. The van der Waals surface area contributed by atoms with E-state index in [-0.39, 0.29) is 12.4 Å². The van der Waals surface area contributed by atoms with Gasteiger partial charge in [0.2, 0.25) is 0 Å². The average molecular weight is 431 g/mol. The lowest BCUT2D eigenvalue weighted by molar-refractivity contribution is 0.0739. The first-order chi connectivity index (χ1) is 15.2. The maximum atomic E-state index is 13.4. The second-order valence-corrected chi connectivity index (χ2v) is 8.64. The third-order valence-electron chi connectivity index (χ3n) is 5.75. The van der Waals surface area contributed by atoms with E-state index in [1.165, 1.54) is 0 Å². The first-order valence-corrected chi connectivity index (χ1v) is 11.3. The first-order valence-electron chi connectivity index (χ1n) is 10.4. The second-order valence-electron chi connectivity index (χ2n) is 7.70. The van der Waals surface area contributed by atoms with Gasteiger partial charge in [-0.25, -0.2) is 4.79 Å². The van der Waals surface area contributed by atoms with E-state index in [0.717, 1.165) is 33.3 Å². The van der Waals surface area contributed by atoms with Gasteiger partial charge in [-0.15, -0.1) is 11.3 Å². The highest BCUT2D eigenvalue weighted by Crippen LogP contribution is 2.31. The third-order valence-corrected chi connectivity index (χ3v) is 6.67. The standard InChI is InChI=1S/C25H22N2O3S/c28-24(20-15-26-21-11-10-18(14-19(20)21)23-9-5-13-31-23)22-8-4-12-27(22)25(29)30-16-17-6-2-1-3-7-17/h1-3,5-7,9-11,13-15,22,26H,4,8,12,16H2/t22-/m1/s1. The number of ketones is 1.